The Balaban J connectivity index is 2.08. The summed E-state index contributed by atoms with van der Waals surface area (Å²) in [6.07, 6.45) is -10.2. The van der Waals surface area contributed by atoms with Crippen molar-refractivity contribution in [1.29, 1.82) is 0 Å². The number of alkyl halides is 6. The van der Waals surface area contributed by atoms with Crippen LogP contribution in [0, 0.1) is 6.92 Å². The molecule has 0 spiro atoms. The minimum absolute atomic E-state index is 0.0699. The topological polar surface area (TPSA) is 59.2 Å². The minimum Gasteiger partial charge on any atom is -0.267 e. The Morgan fingerprint density at radius 1 is 1.08 bits per heavy atom. The lowest BCUT2D eigenvalue weighted by Crippen LogP contribution is -2.38. The number of allylic oxidation sites excluding steroid dienone is 1. The van der Waals surface area contributed by atoms with E-state index in [9.17, 15) is 35.5 Å². The zero-order valence-electron chi connectivity index (χ0n) is 18.2. The third kappa shape index (κ3) is 6.55. The van der Waals surface area contributed by atoms with E-state index in [0.717, 1.165) is 29.5 Å². The van der Waals surface area contributed by atoms with Gasteiger partial charge < -0.3 is 0 Å². The average molecular weight is 607 g/mol. The first kappa shape index (κ1) is 29.2. The zero-order valence-corrected chi connectivity index (χ0v) is 21.3. The highest BCUT2D eigenvalue weighted by Crippen LogP contribution is 2.43. The fourth-order valence-corrected chi connectivity index (χ4v) is 4.49. The highest BCUT2D eigenvalue weighted by Gasteiger charge is 2.41. The Hall–Kier alpha value is -2.38. The van der Waals surface area contributed by atoms with Gasteiger partial charge in [-0.25, -0.2) is 20.2 Å². The zero-order chi connectivity index (χ0) is 27.9. The SMILES string of the molecule is Cc1csc(N(N)C(=O)c2ccc(C(F)=CC(c3cc(Cl)c(Cl)c(Cl)c3)C(F)(F)F)cc2C(F)(F)F)n1. The van der Waals surface area contributed by atoms with Crippen LogP contribution < -0.4 is 10.9 Å². The van der Waals surface area contributed by atoms with Gasteiger partial charge in [-0.2, -0.15) is 26.3 Å². The fraction of sp³-hybridized carbons (Fsp3) is 0.182. The van der Waals surface area contributed by atoms with Gasteiger partial charge in [-0.1, -0.05) is 40.9 Å². The molecule has 1 amide bonds. The van der Waals surface area contributed by atoms with E-state index in [4.69, 9.17) is 40.6 Å². The average Bonchev–Trinajstić information content (AvgIpc) is 3.24. The molecule has 0 radical (unpaired) electrons. The van der Waals surface area contributed by atoms with Crippen molar-refractivity contribution in [1.82, 2.24) is 4.98 Å². The first-order valence-corrected chi connectivity index (χ1v) is 11.8. The first-order chi connectivity index (χ1) is 17.0. The van der Waals surface area contributed by atoms with Gasteiger partial charge in [-0.3, -0.25) is 4.79 Å². The minimum atomic E-state index is -5.18. The summed E-state index contributed by atoms with van der Waals surface area (Å²) < 4.78 is 97.6. The lowest BCUT2D eigenvalue weighted by Gasteiger charge is -2.20. The molecule has 3 aromatic rings. The summed E-state index contributed by atoms with van der Waals surface area (Å²) in [5.74, 6) is 0.0406. The molecular formula is C22H13Cl3F7N3OS. The Labute approximate surface area is 224 Å². The number of nitrogens with two attached hydrogens (primary N) is 1. The molecular weight excluding hydrogens is 594 g/mol. The van der Waals surface area contributed by atoms with Crippen molar-refractivity contribution >= 4 is 63.0 Å². The summed E-state index contributed by atoms with van der Waals surface area (Å²) in [6, 6.07) is 3.19. The summed E-state index contributed by atoms with van der Waals surface area (Å²) in [5.41, 5.74) is -3.56. The second-order valence-corrected chi connectivity index (χ2v) is 9.57. The van der Waals surface area contributed by atoms with Crippen LogP contribution in [0.5, 0.6) is 0 Å². The Bertz CT molecular complexity index is 1350. The van der Waals surface area contributed by atoms with Crippen LogP contribution in [0.3, 0.4) is 0 Å². The second kappa shape index (κ2) is 10.8. The van der Waals surface area contributed by atoms with Gasteiger partial charge in [0.1, 0.15) is 11.7 Å². The van der Waals surface area contributed by atoms with Gasteiger partial charge in [-0.15, -0.1) is 11.3 Å². The van der Waals surface area contributed by atoms with E-state index in [1.54, 1.807) is 6.92 Å². The van der Waals surface area contributed by atoms with Crippen molar-refractivity contribution < 1.29 is 35.5 Å². The molecule has 2 aromatic carbocycles. The van der Waals surface area contributed by atoms with Gasteiger partial charge in [0, 0.05) is 10.9 Å². The second-order valence-electron chi connectivity index (χ2n) is 7.54. The number of carbonyl (C=O) groups excluding carboxylic acids is 1. The van der Waals surface area contributed by atoms with Gasteiger partial charge in [0.2, 0.25) is 5.13 Å². The van der Waals surface area contributed by atoms with E-state index >= 15 is 0 Å². The maximum absolute atomic E-state index is 15.0. The Kier molecular flexibility index (Phi) is 8.50. The van der Waals surface area contributed by atoms with E-state index in [2.05, 4.69) is 4.98 Å². The van der Waals surface area contributed by atoms with Crippen molar-refractivity contribution in [2.45, 2.75) is 25.2 Å². The standard InChI is InChI=1S/C22H13Cl3F7N3OS/c1-9-8-37-20(34-9)35(33)19(36)12-3-2-10(4-14(12)22(30,31)32)17(26)7-13(21(27,28)29)11-5-15(23)18(25)16(24)6-11/h2-8,13H,33H2,1H3. The number of nitrogens with zero attached hydrogens (tertiary/aromatic N) is 2. The molecule has 0 aliphatic rings. The fourth-order valence-electron chi connectivity index (χ4n) is 3.16. The maximum Gasteiger partial charge on any atom is 0.417 e. The largest absolute Gasteiger partial charge is 0.417 e. The van der Waals surface area contributed by atoms with Gasteiger partial charge in [-0.05, 0) is 42.8 Å². The Morgan fingerprint density at radius 3 is 2.16 bits per heavy atom. The molecule has 0 fully saturated rings. The number of aryl methyl sites for hydroxylation is 1. The van der Waals surface area contributed by atoms with Crippen LogP contribution in [-0.4, -0.2) is 17.1 Å². The number of thiazole rings is 1. The lowest BCUT2D eigenvalue weighted by molar-refractivity contribution is -0.140. The molecule has 0 saturated heterocycles. The predicted molar refractivity (Wildman–Crippen MR) is 129 cm³/mol. The highest BCUT2D eigenvalue weighted by molar-refractivity contribution is 7.14. The van der Waals surface area contributed by atoms with Crippen LogP contribution in [0.25, 0.3) is 5.83 Å². The smallest absolute Gasteiger partial charge is 0.267 e. The molecule has 15 heteroatoms. The molecule has 1 aromatic heterocycles. The lowest BCUT2D eigenvalue weighted by atomic mass is 9.95. The summed E-state index contributed by atoms with van der Waals surface area (Å²) in [4.78, 5) is 16.6. The molecule has 0 aliphatic heterocycles. The van der Waals surface area contributed by atoms with Gasteiger partial charge >= 0.3 is 12.4 Å². The third-order valence-corrected chi connectivity index (χ3v) is 7.05. The van der Waals surface area contributed by atoms with Gasteiger partial charge in [0.05, 0.1) is 31.9 Å². The molecule has 4 nitrogen and oxygen atoms in total. The van der Waals surface area contributed by atoms with Crippen LogP contribution in [0.15, 0.2) is 41.8 Å². The van der Waals surface area contributed by atoms with Gasteiger partial charge in [0.25, 0.3) is 5.91 Å². The Morgan fingerprint density at radius 2 is 1.68 bits per heavy atom. The van der Waals surface area contributed by atoms with Crippen LogP contribution in [-0.2, 0) is 6.18 Å². The summed E-state index contributed by atoms with van der Waals surface area (Å²) >= 11 is 18.2. The number of rotatable bonds is 5. The number of hydrogen-bond donors (Lipinski definition) is 1. The van der Waals surface area contributed by atoms with Crippen LogP contribution >= 0.6 is 46.1 Å². The van der Waals surface area contributed by atoms with Crippen LogP contribution in [0.4, 0.5) is 35.9 Å². The molecule has 0 bridgehead atoms. The summed E-state index contributed by atoms with van der Waals surface area (Å²) in [6.45, 7) is 1.57. The summed E-state index contributed by atoms with van der Waals surface area (Å²) in [5, 5.41) is 0.900. The highest BCUT2D eigenvalue weighted by atomic mass is 35.5. The molecule has 198 valence electrons. The number of amides is 1. The van der Waals surface area contributed by atoms with E-state index in [1.165, 1.54) is 5.38 Å². The molecule has 3 rings (SSSR count). The quantitative estimate of drug-likeness (QED) is 0.104. The van der Waals surface area contributed by atoms with Crippen LogP contribution in [0.2, 0.25) is 15.1 Å². The maximum atomic E-state index is 15.0. The number of benzene rings is 2. The van der Waals surface area contributed by atoms with Crippen molar-refractivity contribution in [3.63, 3.8) is 0 Å². The third-order valence-electron chi connectivity index (χ3n) is 4.89. The molecule has 1 atom stereocenters. The molecule has 1 heterocycles. The van der Waals surface area contributed by atoms with Crippen molar-refractivity contribution in [2.75, 3.05) is 5.01 Å². The van der Waals surface area contributed by atoms with E-state index in [1.807, 2.05) is 0 Å². The van der Waals surface area contributed by atoms with Gasteiger partial charge in [0.15, 0.2) is 0 Å². The van der Waals surface area contributed by atoms with Crippen molar-refractivity contribution in [2.24, 2.45) is 5.84 Å². The first-order valence-electron chi connectivity index (χ1n) is 9.82. The normalized spacial score (nSPS) is 13.6. The molecule has 0 aliphatic carbocycles. The van der Waals surface area contributed by atoms with Crippen molar-refractivity contribution in [3.05, 3.63) is 84.8 Å². The predicted octanol–water partition coefficient (Wildman–Crippen LogP) is 8.61. The summed E-state index contributed by atoms with van der Waals surface area (Å²) in [7, 11) is 0. The van der Waals surface area contributed by atoms with Crippen molar-refractivity contribution in [3.8, 4) is 0 Å². The molecule has 37 heavy (non-hydrogen) atoms. The number of anilines is 1. The van der Waals surface area contributed by atoms with E-state index in [-0.39, 0.29) is 32.3 Å². The number of hydrazine groups is 1. The molecule has 1 unspecified atom stereocenters. The molecule has 2 N–H and O–H groups in total. The van der Waals surface area contributed by atoms with E-state index in [0.29, 0.717) is 16.8 Å². The van der Waals surface area contributed by atoms with E-state index < -0.39 is 52.3 Å². The number of carbonyl (C=O) groups is 1. The van der Waals surface area contributed by atoms with Crippen LogP contribution in [0.1, 0.15) is 38.7 Å². The monoisotopic (exact) mass is 605 g/mol. The number of hydrogen-bond acceptors (Lipinski definition) is 4. The molecule has 0 saturated carbocycles. The number of halogens is 10. The number of aromatic nitrogens is 1.